The van der Waals surface area contributed by atoms with Crippen molar-refractivity contribution in [3.8, 4) is 45.4 Å². The van der Waals surface area contributed by atoms with Crippen LogP contribution in [0.25, 0.3) is 33.6 Å². The van der Waals surface area contributed by atoms with Crippen LogP contribution < -0.4 is 9.47 Å². The van der Waals surface area contributed by atoms with Gasteiger partial charge in [-0.15, -0.1) is 0 Å². The van der Waals surface area contributed by atoms with E-state index in [4.69, 9.17) is 26.1 Å². The Morgan fingerprint density at radius 3 is 1.78 bits per heavy atom. The Hall–Kier alpha value is -3.44. The highest BCUT2D eigenvalue weighted by molar-refractivity contribution is 6.36. The maximum Gasteiger partial charge on any atom is 0.217 e. The fraction of sp³-hybridized carbons (Fsp3) is 0.267. The second kappa shape index (κ2) is 9.21. The zero-order valence-corrected chi connectivity index (χ0v) is 21.1. The number of aryl methyl sites for hydroxylation is 2. The van der Waals surface area contributed by atoms with Gasteiger partial charge in [-0.3, -0.25) is 0 Å². The maximum absolute atomic E-state index is 16.1. The van der Waals surface area contributed by atoms with Gasteiger partial charge in [0.15, 0.2) is 0 Å². The highest BCUT2D eigenvalue weighted by atomic mass is 35.5. The van der Waals surface area contributed by atoms with Crippen LogP contribution in [0.3, 0.4) is 0 Å². The first-order valence-electron chi connectivity index (χ1n) is 12.3. The van der Waals surface area contributed by atoms with E-state index in [1.807, 2.05) is 30.3 Å². The Balaban J connectivity index is 1.46. The predicted molar refractivity (Wildman–Crippen MR) is 140 cm³/mol. The minimum absolute atomic E-state index is 0.358. The van der Waals surface area contributed by atoms with Crippen molar-refractivity contribution in [3.63, 3.8) is 0 Å². The molecule has 0 aliphatic heterocycles. The van der Waals surface area contributed by atoms with Crippen LogP contribution in [0.4, 0.5) is 4.39 Å². The van der Waals surface area contributed by atoms with Crippen LogP contribution in [-0.4, -0.2) is 24.2 Å². The van der Waals surface area contributed by atoms with E-state index in [2.05, 4.69) is 11.1 Å². The quantitative estimate of drug-likeness (QED) is 0.289. The average Bonchev–Trinajstić information content (AvgIpc) is 3.57. The summed E-state index contributed by atoms with van der Waals surface area (Å²) in [4.78, 5) is 9.39. The van der Waals surface area contributed by atoms with Crippen LogP contribution >= 0.6 is 11.6 Å². The Labute approximate surface area is 215 Å². The SMILES string of the molecule is COc1nc(-c2cccc(-c3cccc(-c4cc5c(c(OC)n4)CCC5)c3Cl)c2F)cc2c1CCC2. The molecule has 0 spiro atoms. The molecule has 0 fully saturated rings. The second-order valence-corrected chi connectivity index (χ2v) is 9.73. The molecular weight excluding hydrogens is 475 g/mol. The molecule has 0 N–H and O–H groups in total. The number of methoxy groups -OCH3 is 2. The maximum atomic E-state index is 16.1. The van der Waals surface area contributed by atoms with Crippen molar-refractivity contribution in [2.24, 2.45) is 0 Å². The van der Waals surface area contributed by atoms with Crippen molar-refractivity contribution in [1.29, 1.82) is 0 Å². The number of halogens is 2. The molecule has 2 aliphatic rings. The van der Waals surface area contributed by atoms with Crippen LogP contribution in [0, 0.1) is 5.82 Å². The summed E-state index contributed by atoms with van der Waals surface area (Å²) < 4.78 is 27.2. The predicted octanol–water partition coefficient (Wildman–Crippen LogP) is 7.26. The number of fused-ring (bicyclic) bond motifs is 2. The lowest BCUT2D eigenvalue weighted by Gasteiger charge is -2.15. The molecule has 6 heteroatoms. The number of hydrogen-bond donors (Lipinski definition) is 0. The van der Waals surface area contributed by atoms with Gasteiger partial charge in [0.05, 0.1) is 30.6 Å². The fourth-order valence-corrected chi connectivity index (χ4v) is 5.90. The van der Waals surface area contributed by atoms with Gasteiger partial charge in [0.25, 0.3) is 0 Å². The highest BCUT2D eigenvalue weighted by Gasteiger charge is 2.23. The molecule has 2 aliphatic carbocycles. The zero-order valence-electron chi connectivity index (χ0n) is 20.3. The molecule has 0 amide bonds. The van der Waals surface area contributed by atoms with Gasteiger partial charge in [0.1, 0.15) is 5.82 Å². The number of aromatic nitrogens is 2. The van der Waals surface area contributed by atoms with Gasteiger partial charge in [0.2, 0.25) is 11.8 Å². The third-order valence-electron chi connectivity index (χ3n) is 7.33. The van der Waals surface area contributed by atoms with Crippen molar-refractivity contribution in [2.45, 2.75) is 38.5 Å². The molecule has 0 unspecified atom stereocenters. The molecular formula is C30H26ClFN2O2. The minimum atomic E-state index is -0.358. The lowest BCUT2D eigenvalue weighted by Crippen LogP contribution is -1.99. The van der Waals surface area contributed by atoms with Crippen molar-refractivity contribution in [1.82, 2.24) is 9.97 Å². The summed E-state index contributed by atoms with van der Waals surface area (Å²) in [7, 11) is 3.26. The van der Waals surface area contributed by atoms with E-state index in [-0.39, 0.29) is 5.82 Å². The Kier molecular flexibility index (Phi) is 5.88. The molecule has 2 aromatic carbocycles. The summed E-state index contributed by atoms with van der Waals surface area (Å²) in [5, 5.41) is 0.459. The molecule has 36 heavy (non-hydrogen) atoms. The largest absolute Gasteiger partial charge is 0.481 e. The molecule has 2 aromatic heterocycles. The summed E-state index contributed by atoms with van der Waals surface area (Å²) in [5.74, 6) is 0.872. The number of ether oxygens (including phenoxy) is 2. The molecule has 182 valence electrons. The minimum Gasteiger partial charge on any atom is -0.481 e. The number of nitrogens with zero attached hydrogens (tertiary/aromatic N) is 2. The molecule has 0 radical (unpaired) electrons. The first-order chi connectivity index (χ1) is 17.6. The van der Waals surface area contributed by atoms with Crippen molar-refractivity contribution >= 4 is 11.6 Å². The van der Waals surface area contributed by atoms with E-state index in [9.17, 15) is 0 Å². The summed E-state index contributed by atoms with van der Waals surface area (Å²) in [6.45, 7) is 0. The van der Waals surface area contributed by atoms with Gasteiger partial charge in [-0.1, -0.05) is 41.9 Å². The van der Waals surface area contributed by atoms with E-state index in [1.165, 1.54) is 16.7 Å². The van der Waals surface area contributed by atoms with E-state index < -0.39 is 0 Å². The monoisotopic (exact) mass is 500 g/mol. The van der Waals surface area contributed by atoms with Gasteiger partial charge in [-0.05, 0) is 67.9 Å². The summed E-state index contributed by atoms with van der Waals surface area (Å²) >= 11 is 6.94. The second-order valence-electron chi connectivity index (χ2n) is 9.35. The van der Waals surface area contributed by atoms with E-state index in [0.717, 1.165) is 55.3 Å². The third-order valence-corrected chi connectivity index (χ3v) is 7.74. The highest BCUT2D eigenvalue weighted by Crippen LogP contribution is 2.41. The van der Waals surface area contributed by atoms with Gasteiger partial charge in [-0.2, -0.15) is 0 Å². The van der Waals surface area contributed by atoms with Gasteiger partial charge >= 0.3 is 0 Å². The van der Waals surface area contributed by atoms with Crippen LogP contribution in [-0.2, 0) is 25.7 Å². The third kappa shape index (κ3) is 3.73. The van der Waals surface area contributed by atoms with Gasteiger partial charge in [0, 0.05) is 33.4 Å². The Morgan fingerprint density at radius 2 is 1.19 bits per heavy atom. The van der Waals surface area contributed by atoms with Crippen molar-refractivity contribution < 1.29 is 13.9 Å². The number of pyridine rings is 2. The molecule has 2 heterocycles. The van der Waals surface area contributed by atoms with E-state index >= 15 is 4.39 Å². The molecule has 6 rings (SSSR count). The number of rotatable bonds is 5. The fourth-order valence-electron chi connectivity index (χ4n) is 5.58. The number of hydrogen-bond acceptors (Lipinski definition) is 4. The molecule has 0 saturated carbocycles. The normalized spacial score (nSPS) is 14.0. The lowest BCUT2D eigenvalue weighted by molar-refractivity contribution is 0.393. The van der Waals surface area contributed by atoms with E-state index in [1.54, 1.807) is 26.4 Å². The topological polar surface area (TPSA) is 44.2 Å². The Bertz CT molecular complexity index is 1390. The summed E-state index contributed by atoms with van der Waals surface area (Å²) in [5.41, 5.74) is 8.25. The van der Waals surface area contributed by atoms with Crippen molar-refractivity contribution in [3.05, 3.63) is 81.6 Å². The molecule has 0 bridgehead atoms. The van der Waals surface area contributed by atoms with Crippen LogP contribution in [0.5, 0.6) is 11.8 Å². The molecule has 4 nitrogen and oxygen atoms in total. The first-order valence-corrected chi connectivity index (χ1v) is 12.7. The first kappa shape index (κ1) is 23.0. The molecule has 4 aromatic rings. The van der Waals surface area contributed by atoms with Crippen molar-refractivity contribution in [2.75, 3.05) is 14.2 Å². The average molecular weight is 501 g/mol. The van der Waals surface area contributed by atoms with E-state index in [0.29, 0.717) is 39.2 Å². The van der Waals surface area contributed by atoms with Crippen LogP contribution in [0.2, 0.25) is 5.02 Å². The Morgan fingerprint density at radius 1 is 0.694 bits per heavy atom. The summed E-state index contributed by atoms with van der Waals surface area (Å²) in [6, 6.07) is 15.1. The van der Waals surface area contributed by atoms with Gasteiger partial charge in [-0.25, -0.2) is 14.4 Å². The van der Waals surface area contributed by atoms with Crippen LogP contribution in [0.15, 0.2) is 48.5 Å². The lowest BCUT2D eigenvalue weighted by atomic mass is 9.96. The molecule has 0 atom stereocenters. The smallest absolute Gasteiger partial charge is 0.217 e. The molecule has 0 saturated heterocycles. The van der Waals surface area contributed by atoms with Crippen LogP contribution in [0.1, 0.15) is 35.1 Å². The number of benzene rings is 2. The van der Waals surface area contributed by atoms with Gasteiger partial charge < -0.3 is 9.47 Å². The summed E-state index contributed by atoms with van der Waals surface area (Å²) in [6.07, 6.45) is 6.00. The zero-order chi connectivity index (χ0) is 24.8. The standard InChI is InChI=1S/C30H26ClFN2O2/c1-35-29-19-9-3-7-17(19)15-25(33-29)23-13-5-11-21(27(23)31)22-12-6-14-24(28(22)32)26-16-18-8-4-10-20(18)30(34-26)36-2/h5-6,11-16H,3-4,7-10H2,1-2H3.